The highest BCUT2D eigenvalue weighted by Crippen LogP contribution is 2.22. The Balaban J connectivity index is 1.97. The van der Waals surface area contributed by atoms with E-state index < -0.39 is 5.97 Å². The van der Waals surface area contributed by atoms with E-state index in [-0.39, 0.29) is 6.42 Å². The normalized spacial score (nSPS) is 10.1. The number of hydrogen-bond acceptors (Lipinski definition) is 2. The molecule has 3 heteroatoms. The Kier molecular flexibility index (Phi) is 4.56. The van der Waals surface area contributed by atoms with E-state index in [1.165, 1.54) is 0 Å². The first-order chi connectivity index (χ1) is 9.24. The summed E-state index contributed by atoms with van der Waals surface area (Å²) in [5, 5.41) is 8.62. The zero-order valence-electron chi connectivity index (χ0n) is 10.6. The maximum atomic E-state index is 10.5. The molecule has 0 aromatic heterocycles. The molecule has 0 spiro atoms. The van der Waals surface area contributed by atoms with Gasteiger partial charge in [-0.15, -0.1) is 0 Å². The van der Waals surface area contributed by atoms with Gasteiger partial charge in [0.2, 0.25) is 0 Å². The van der Waals surface area contributed by atoms with E-state index in [9.17, 15) is 4.79 Å². The van der Waals surface area contributed by atoms with Crippen molar-refractivity contribution in [2.75, 3.05) is 0 Å². The lowest BCUT2D eigenvalue weighted by Crippen LogP contribution is -1.96. The van der Waals surface area contributed by atoms with Crippen LogP contribution in [-0.4, -0.2) is 11.1 Å². The van der Waals surface area contributed by atoms with Crippen molar-refractivity contribution in [1.82, 2.24) is 0 Å². The summed E-state index contributed by atoms with van der Waals surface area (Å²) in [4.78, 5) is 10.5. The van der Waals surface area contributed by atoms with E-state index in [0.29, 0.717) is 6.42 Å². The molecule has 0 saturated heterocycles. The maximum Gasteiger partial charge on any atom is 0.303 e. The highest BCUT2D eigenvalue weighted by molar-refractivity contribution is 5.66. The van der Waals surface area contributed by atoms with Gasteiger partial charge in [0.15, 0.2) is 0 Å². The van der Waals surface area contributed by atoms with Crippen LogP contribution >= 0.6 is 0 Å². The summed E-state index contributed by atoms with van der Waals surface area (Å²) in [5.74, 6) is 0.820. The van der Waals surface area contributed by atoms with Gasteiger partial charge in [-0.05, 0) is 42.7 Å². The minimum absolute atomic E-state index is 0.198. The molecule has 0 radical (unpaired) electrons. The number of benzene rings is 2. The fourth-order valence-electron chi connectivity index (χ4n) is 1.83. The lowest BCUT2D eigenvalue weighted by molar-refractivity contribution is -0.137. The Morgan fingerprint density at radius 2 is 1.74 bits per heavy atom. The second-order valence-corrected chi connectivity index (χ2v) is 4.31. The predicted octanol–water partition coefficient (Wildman–Crippen LogP) is 3.89. The number of hydrogen-bond donors (Lipinski definition) is 1. The van der Waals surface area contributed by atoms with Crippen LogP contribution in [0.4, 0.5) is 0 Å². The van der Waals surface area contributed by atoms with Crippen LogP contribution in [0, 0.1) is 0 Å². The first kappa shape index (κ1) is 13.1. The van der Waals surface area contributed by atoms with Gasteiger partial charge in [-0.25, -0.2) is 0 Å². The van der Waals surface area contributed by atoms with Crippen LogP contribution in [0.3, 0.4) is 0 Å². The molecule has 2 rings (SSSR count). The highest BCUT2D eigenvalue weighted by Gasteiger charge is 2.01. The summed E-state index contributed by atoms with van der Waals surface area (Å²) in [5.41, 5.74) is 1.09. The molecule has 0 atom stereocenters. The Bertz CT molecular complexity index is 535. The van der Waals surface area contributed by atoms with Crippen molar-refractivity contribution >= 4 is 5.97 Å². The number of carboxylic acid groups (broad SMARTS) is 1. The monoisotopic (exact) mass is 256 g/mol. The van der Waals surface area contributed by atoms with E-state index in [2.05, 4.69) is 0 Å². The lowest BCUT2D eigenvalue weighted by Gasteiger charge is -2.07. The van der Waals surface area contributed by atoms with E-state index in [1.54, 1.807) is 0 Å². The largest absolute Gasteiger partial charge is 0.481 e. The number of ether oxygens (including phenoxy) is 1. The highest BCUT2D eigenvalue weighted by atomic mass is 16.5. The smallest absolute Gasteiger partial charge is 0.303 e. The summed E-state index contributed by atoms with van der Waals surface area (Å²) in [6, 6.07) is 17.3. The quantitative estimate of drug-likeness (QED) is 0.853. The van der Waals surface area contributed by atoms with Gasteiger partial charge < -0.3 is 9.84 Å². The molecule has 0 saturated carbocycles. The molecule has 0 fully saturated rings. The van der Waals surface area contributed by atoms with Crippen LogP contribution in [0.5, 0.6) is 11.5 Å². The standard InChI is InChI=1S/C16H16O3/c17-16(18)11-5-7-13-6-4-10-15(12-13)19-14-8-2-1-3-9-14/h1-4,6,8-10,12H,5,7,11H2,(H,17,18). The van der Waals surface area contributed by atoms with Crippen molar-refractivity contribution in [3.05, 3.63) is 60.2 Å². The minimum Gasteiger partial charge on any atom is -0.481 e. The van der Waals surface area contributed by atoms with Crippen LogP contribution in [0.15, 0.2) is 54.6 Å². The van der Waals surface area contributed by atoms with Crippen LogP contribution in [0.1, 0.15) is 18.4 Å². The molecule has 1 N–H and O–H groups in total. The van der Waals surface area contributed by atoms with Crippen LogP contribution < -0.4 is 4.74 Å². The zero-order chi connectivity index (χ0) is 13.5. The summed E-state index contributed by atoms with van der Waals surface area (Å²) in [6.07, 6.45) is 1.59. The van der Waals surface area contributed by atoms with Crippen molar-refractivity contribution in [3.8, 4) is 11.5 Å². The number of aliphatic carboxylic acids is 1. The SMILES string of the molecule is O=C(O)CCCc1cccc(Oc2ccccc2)c1. The van der Waals surface area contributed by atoms with Crippen molar-refractivity contribution < 1.29 is 14.6 Å². The van der Waals surface area contributed by atoms with Gasteiger partial charge in [0.05, 0.1) is 0 Å². The van der Waals surface area contributed by atoms with Crippen molar-refractivity contribution in [3.63, 3.8) is 0 Å². The first-order valence-corrected chi connectivity index (χ1v) is 6.28. The predicted molar refractivity (Wildman–Crippen MR) is 73.5 cm³/mol. The molecule has 98 valence electrons. The Morgan fingerprint density at radius 3 is 2.47 bits per heavy atom. The van der Waals surface area contributed by atoms with Crippen molar-refractivity contribution in [2.24, 2.45) is 0 Å². The third-order valence-electron chi connectivity index (χ3n) is 2.73. The Labute approximate surface area is 112 Å². The Morgan fingerprint density at radius 1 is 1.00 bits per heavy atom. The van der Waals surface area contributed by atoms with E-state index in [4.69, 9.17) is 9.84 Å². The molecule has 2 aromatic rings. The van der Waals surface area contributed by atoms with Gasteiger partial charge in [0.1, 0.15) is 11.5 Å². The number of aryl methyl sites for hydroxylation is 1. The van der Waals surface area contributed by atoms with E-state index in [1.807, 2.05) is 54.6 Å². The fourth-order valence-corrected chi connectivity index (χ4v) is 1.83. The molecule has 0 unspecified atom stereocenters. The van der Waals surface area contributed by atoms with Gasteiger partial charge in [-0.2, -0.15) is 0 Å². The maximum absolute atomic E-state index is 10.5. The Hall–Kier alpha value is -2.29. The number of para-hydroxylation sites is 1. The second kappa shape index (κ2) is 6.59. The van der Waals surface area contributed by atoms with Gasteiger partial charge in [0.25, 0.3) is 0 Å². The molecular formula is C16H16O3. The fraction of sp³-hybridized carbons (Fsp3) is 0.188. The lowest BCUT2D eigenvalue weighted by atomic mass is 10.1. The van der Waals surface area contributed by atoms with Crippen LogP contribution in [-0.2, 0) is 11.2 Å². The van der Waals surface area contributed by atoms with Gasteiger partial charge in [-0.3, -0.25) is 4.79 Å². The van der Waals surface area contributed by atoms with E-state index >= 15 is 0 Å². The summed E-state index contributed by atoms with van der Waals surface area (Å²) < 4.78 is 5.73. The molecule has 0 bridgehead atoms. The summed E-state index contributed by atoms with van der Waals surface area (Å²) >= 11 is 0. The third-order valence-corrected chi connectivity index (χ3v) is 2.73. The van der Waals surface area contributed by atoms with Gasteiger partial charge in [0, 0.05) is 6.42 Å². The minimum atomic E-state index is -0.753. The molecule has 0 aliphatic heterocycles. The molecule has 0 amide bonds. The van der Waals surface area contributed by atoms with Gasteiger partial charge in [-0.1, -0.05) is 30.3 Å². The molecule has 19 heavy (non-hydrogen) atoms. The molecule has 3 nitrogen and oxygen atoms in total. The average molecular weight is 256 g/mol. The van der Waals surface area contributed by atoms with E-state index in [0.717, 1.165) is 23.5 Å². The number of rotatable bonds is 6. The molecular weight excluding hydrogens is 240 g/mol. The van der Waals surface area contributed by atoms with Gasteiger partial charge >= 0.3 is 5.97 Å². The third kappa shape index (κ3) is 4.47. The molecule has 0 aliphatic carbocycles. The van der Waals surface area contributed by atoms with Crippen molar-refractivity contribution in [1.29, 1.82) is 0 Å². The number of carboxylic acids is 1. The van der Waals surface area contributed by atoms with Crippen LogP contribution in [0.2, 0.25) is 0 Å². The number of carbonyl (C=O) groups is 1. The van der Waals surface area contributed by atoms with Crippen LogP contribution in [0.25, 0.3) is 0 Å². The molecule has 0 aliphatic rings. The second-order valence-electron chi connectivity index (χ2n) is 4.31. The summed E-state index contributed by atoms with van der Waals surface area (Å²) in [6.45, 7) is 0. The topological polar surface area (TPSA) is 46.5 Å². The average Bonchev–Trinajstić information content (AvgIpc) is 2.40. The van der Waals surface area contributed by atoms with Crippen molar-refractivity contribution in [2.45, 2.75) is 19.3 Å². The molecule has 0 heterocycles. The zero-order valence-corrected chi connectivity index (χ0v) is 10.6. The molecule has 2 aromatic carbocycles. The first-order valence-electron chi connectivity index (χ1n) is 6.28. The summed E-state index contributed by atoms with van der Waals surface area (Å²) in [7, 11) is 0.